The fourth-order valence-electron chi connectivity index (χ4n) is 3.25. The number of rotatable bonds is 4. The van der Waals surface area contributed by atoms with Crippen molar-refractivity contribution in [2.45, 2.75) is 12.8 Å². The Morgan fingerprint density at radius 1 is 1.07 bits per heavy atom. The van der Waals surface area contributed by atoms with Crippen LogP contribution < -0.4 is 10.4 Å². The summed E-state index contributed by atoms with van der Waals surface area (Å²) in [6.45, 7) is 1.37. The smallest absolute Gasteiger partial charge is 0.203 e. The second kappa shape index (κ2) is 7.49. The van der Waals surface area contributed by atoms with E-state index in [1.54, 1.807) is 36.7 Å². The Morgan fingerprint density at radius 2 is 1.81 bits per heavy atom. The lowest BCUT2D eigenvalue weighted by Crippen LogP contribution is -2.33. The summed E-state index contributed by atoms with van der Waals surface area (Å²) in [5, 5.41) is 1.03. The Labute approximate surface area is 163 Å². The molecule has 1 aliphatic heterocycles. The topological polar surface area (TPSA) is 50.3 Å². The first-order chi connectivity index (χ1) is 13.1. The van der Waals surface area contributed by atoms with Crippen molar-refractivity contribution in [2.24, 2.45) is 0 Å². The van der Waals surface area contributed by atoms with Crippen LogP contribution in [-0.4, -0.2) is 37.5 Å². The molecule has 0 amide bonds. The van der Waals surface area contributed by atoms with Crippen molar-refractivity contribution in [2.75, 3.05) is 18.0 Å². The fraction of sp³-hybridized carbons (Fsp3) is 0.190. The molecular weight excluding hydrogens is 355 g/mol. The van der Waals surface area contributed by atoms with E-state index in [-0.39, 0.29) is 5.78 Å². The summed E-state index contributed by atoms with van der Waals surface area (Å²) in [6.07, 6.45) is 4.59. The third-order valence-electron chi connectivity index (χ3n) is 4.68. The minimum absolute atomic E-state index is 0.0399. The number of benzene rings is 1. The average Bonchev–Trinajstić information content (AvgIpc) is 3.14. The van der Waals surface area contributed by atoms with Gasteiger partial charge in [0.2, 0.25) is 5.78 Å². The number of hydrogen-bond donors (Lipinski definition) is 0. The fourth-order valence-corrected chi connectivity index (χ4v) is 4.44. The Morgan fingerprint density at radius 3 is 2.52 bits per heavy atom. The summed E-state index contributed by atoms with van der Waals surface area (Å²) in [7, 11) is 5.83. The number of carbonyl (C=O) groups excluding carboxylic acids is 2. The maximum absolute atomic E-state index is 13.0. The van der Waals surface area contributed by atoms with E-state index in [1.165, 1.54) is 11.3 Å². The molecule has 1 aromatic carbocycles. The van der Waals surface area contributed by atoms with Crippen molar-refractivity contribution >= 4 is 41.2 Å². The molecule has 4 rings (SSSR count). The SMILES string of the molecule is [B]c1cccc(C(=O)c2cc(-c3ccncc3)c(N3CCC(=O)CC3)s2)c1. The van der Waals surface area contributed by atoms with Crippen LogP contribution in [0.25, 0.3) is 11.1 Å². The second-order valence-electron chi connectivity index (χ2n) is 6.55. The molecule has 132 valence electrons. The third kappa shape index (κ3) is 3.71. The summed E-state index contributed by atoms with van der Waals surface area (Å²) < 4.78 is 0. The van der Waals surface area contributed by atoms with Gasteiger partial charge in [-0.05, 0) is 23.8 Å². The summed E-state index contributed by atoms with van der Waals surface area (Å²) in [5.74, 6) is 0.256. The Bertz CT molecular complexity index is 990. The molecule has 6 heteroatoms. The predicted octanol–water partition coefficient (Wildman–Crippen LogP) is 3.00. The van der Waals surface area contributed by atoms with Gasteiger partial charge in [-0.15, -0.1) is 11.3 Å². The first-order valence-corrected chi connectivity index (χ1v) is 9.64. The number of pyridine rings is 1. The molecule has 0 bridgehead atoms. The van der Waals surface area contributed by atoms with E-state index < -0.39 is 0 Å². The van der Waals surface area contributed by atoms with Crippen molar-refractivity contribution in [3.05, 3.63) is 65.3 Å². The largest absolute Gasteiger partial charge is 0.362 e. The molecule has 0 atom stereocenters. The summed E-state index contributed by atoms with van der Waals surface area (Å²) in [6, 6.07) is 12.9. The van der Waals surface area contributed by atoms with Crippen molar-refractivity contribution in [3.8, 4) is 11.1 Å². The molecule has 0 saturated carbocycles. The van der Waals surface area contributed by atoms with Crippen LogP contribution in [-0.2, 0) is 4.79 Å². The van der Waals surface area contributed by atoms with Gasteiger partial charge >= 0.3 is 0 Å². The molecule has 2 radical (unpaired) electrons. The van der Waals surface area contributed by atoms with Gasteiger partial charge < -0.3 is 4.90 Å². The zero-order chi connectivity index (χ0) is 18.8. The van der Waals surface area contributed by atoms with E-state index in [9.17, 15) is 9.59 Å². The van der Waals surface area contributed by atoms with Gasteiger partial charge in [0.15, 0.2) is 0 Å². The number of piperidine rings is 1. The molecule has 0 unspecified atom stereocenters. The minimum atomic E-state index is -0.0399. The van der Waals surface area contributed by atoms with E-state index in [0.29, 0.717) is 47.6 Å². The first-order valence-electron chi connectivity index (χ1n) is 8.83. The quantitative estimate of drug-likeness (QED) is 0.522. The highest BCUT2D eigenvalue weighted by Gasteiger charge is 2.24. The lowest BCUT2D eigenvalue weighted by Gasteiger charge is -2.27. The molecule has 3 heterocycles. The van der Waals surface area contributed by atoms with E-state index in [1.807, 2.05) is 18.2 Å². The van der Waals surface area contributed by atoms with Crippen LogP contribution in [0.15, 0.2) is 54.9 Å². The number of thiophene rings is 1. The molecule has 1 saturated heterocycles. The standard InChI is InChI=1S/C21H17BN2O2S/c22-16-3-1-2-15(12-16)20(26)19-13-18(14-4-8-23-9-5-14)21(27-19)24-10-6-17(25)7-11-24/h1-5,8-9,12-13H,6-7,10-11H2. The molecule has 0 spiro atoms. The zero-order valence-electron chi connectivity index (χ0n) is 14.7. The van der Waals surface area contributed by atoms with E-state index >= 15 is 0 Å². The average molecular weight is 372 g/mol. The van der Waals surface area contributed by atoms with Crippen LogP contribution >= 0.6 is 11.3 Å². The number of anilines is 1. The van der Waals surface area contributed by atoms with Crippen molar-refractivity contribution < 1.29 is 9.59 Å². The first kappa shape index (κ1) is 17.7. The lowest BCUT2D eigenvalue weighted by atomic mass is 9.93. The van der Waals surface area contributed by atoms with Crippen molar-refractivity contribution in [1.29, 1.82) is 0 Å². The number of Topliss-reactive ketones (excluding diaryl/α,β-unsaturated/α-hetero) is 1. The molecule has 2 aromatic heterocycles. The zero-order valence-corrected chi connectivity index (χ0v) is 15.5. The normalized spacial score (nSPS) is 14.4. The van der Waals surface area contributed by atoms with Crippen LogP contribution in [0.4, 0.5) is 5.00 Å². The van der Waals surface area contributed by atoms with E-state index in [4.69, 9.17) is 7.85 Å². The van der Waals surface area contributed by atoms with Crippen LogP contribution in [0.2, 0.25) is 0 Å². The van der Waals surface area contributed by atoms with Gasteiger partial charge in [-0.1, -0.05) is 29.7 Å². The highest BCUT2D eigenvalue weighted by molar-refractivity contribution is 7.18. The number of hydrogen-bond acceptors (Lipinski definition) is 5. The van der Waals surface area contributed by atoms with Crippen molar-refractivity contribution in [1.82, 2.24) is 4.98 Å². The van der Waals surface area contributed by atoms with Gasteiger partial charge in [-0.2, -0.15) is 0 Å². The summed E-state index contributed by atoms with van der Waals surface area (Å²) in [5.41, 5.74) is 3.17. The number of nitrogens with zero attached hydrogens (tertiary/aromatic N) is 2. The number of carbonyl (C=O) groups is 2. The highest BCUT2D eigenvalue weighted by Crippen LogP contribution is 2.40. The van der Waals surface area contributed by atoms with Crippen LogP contribution in [0.3, 0.4) is 0 Å². The maximum Gasteiger partial charge on any atom is 0.203 e. The Kier molecular flexibility index (Phi) is 4.90. The molecule has 1 fully saturated rings. The monoisotopic (exact) mass is 372 g/mol. The highest BCUT2D eigenvalue weighted by atomic mass is 32.1. The Hall–Kier alpha value is -2.73. The molecule has 27 heavy (non-hydrogen) atoms. The summed E-state index contributed by atoms with van der Waals surface area (Å²) in [4.78, 5) is 31.6. The Balaban J connectivity index is 1.75. The van der Waals surface area contributed by atoms with E-state index in [2.05, 4.69) is 9.88 Å². The van der Waals surface area contributed by atoms with Crippen LogP contribution in [0.1, 0.15) is 28.1 Å². The van der Waals surface area contributed by atoms with Gasteiger partial charge in [0.25, 0.3) is 0 Å². The van der Waals surface area contributed by atoms with E-state index in [0.717, 1.165) is 16.1 Å². The van der Waals surface area contributed by atoms with Gasteiger partial charge in [0.05, 0.1) is 9.88 Å². The third-order valence-corrected chi connectivity index (χ3v) is 5.88. The summed E-state index contributed by atoms with van der Waals surface area (Å²) >= 11 is 1.47. The maximum atomic E-state index is 13.0. The molecule has 0 aliphatic carbocycles. The van der Waals surface area contributed by atoms with Crippen LogP contribution in [0.5, 0.6) is 0 Å². The molecular formula is C21H17BN2O2S. The second-order valence-corrected chi connectivity index (χ2v) is 7.58. The van der Waals surface area contributed by atoms with Gasteiger partial charge in [0, 0.05) is 49.5 Å². The number of ketones is 2. The molecule has 1 aliphatic rings. The van der Waals surface area contributed by atoms with Crippen LogP contribution in [0, 0.1) is 0 Å². The minimum Gasteiger partial charge on any atom is -0.362 e. The molecule has 0 N–H and O–H groups in total. The number of aromatic nitrogens is 1. The molecule has 3 aromatic rings. The lowest BCUT2D eigenvalue weighted by molar-refractivity contribution is -0.119. The van der Waals surface area contributed by atoms with Crippen molar-refractivity contribution in [3.63, 3.8) is 0 Å². The van der Waals surface area contributed by atoms with Gasteiger partial charge in [-0.25, -0.2) is 0 Å². The predicted molar refractivity (Wildman–Crippen MR) is 109 cm³/mol. The van der Waals surface area contributed by atoms with Gasteiger partial charge in [0.1, 0.15) is 13.6 Å². The molecule has 4 nitrogen and oxygen atoms in total. The van der Waals surface area contributed by atoms with Gasteiger partial charge in [-0.3, -0.25) is 14.6 Å².